The average Bonchev–Trinajstić information content (AvgIpc) is 3.25. The topological polar surface area (TPSA) is 97.2 Å². The van der Waals surface area contributed by atoms with Crippen LogP contribution in [0.1, 0.15) is 128 Å². The molecule has 0 aromatic carbocycles. The van der Waals surface area contributed by atoms with E-state index in [2.05, 4.69) is 17.2 Å². The van der Waals surface area contributed by atoms with Crippen LogP contribution in [0.3, 0.4) is 0 Å². The fourth-order valence-electron chi connectivity index (χ4n) is 4.23. The molecule has 0 atom stereocenters. The molecule has 0 amide bonds. The molecule has 1 aromatic rings. The highest BCUT2D eigenvalue weighted by Gasteiger charge is 2.25. The first-order valence-electron chi connectivity index (χ1n) is 13.5. The van der Waals surface area contributed by atoms with E-state index in [9.17, 15) is 10.2 Å². The molecule has 7 heteroatoms. The van der Waals surface area contributed by atoms with Crippen molar-refractivity contribution in [3.8, 4) is 0 Å². The number of unbranched alkanes of at least 4 members (excludes halogenated alkanes) is 17. The Morgan fingerprint density at radius 3 is 1.52 bits per heavy atom. The fourth-order valence-corrected chi connectivity index (χ4v) is 4.23. The van der Waals surface area contributed by atoms with E-state index in [0.717, 1.165) is 18.7 Å². The molecule has 0 fully saturated rings. The molecule has 6 nitrogen and oxygen atoms in total. The van der Waals surface area contributed by atoms with Crippen LogP contribution < -0.4 is 5.73 Å². The molecule has 1 heterocycles. The molecule has 0 aliphatic rings. The Kier molecular flexibility index (Phi) is 21.4. The van der Waals surface area contributed by atoms with Crippen molar-refractivity contribution in [1.29, 1.82) is 0 Å². The molecular weight excluding hydrogens is 436 g/mol. The van der Waals surface area contributed by atoms with E-state index in [-0.39, 0.29) is 25.6 Å². The lowest BCUT2D eigenvalue weighted by atomic mass is 9.97. The van der Waals surface area contributed by atoms with Gasteiger partial charge >= 0.3 is 0 Å². The van der Waals surface area contributed by atoms with Crippen LogP contribution in [0, 0.1) is 0 Å². The summed E-state index contributed by atoms with van der Waals surface area (Å²) < 4.78 is 1.84. The van der Waals surface area contributed by atoms with E-state index in [0.29, 0.717) is 6.42 Å². The number of aliphatic hydroxyl groups excluding tert-OH is 2. The van der Waals surface area contributed by atoms with Crippen molar-refractivity contribution < 1.29 is 10.2 Å². The van der Waals surface area contributed by atoms with Crippen LogP contribution in [0.2, 0.25) is 0 Å². The van der Waals surface area contributed by atoms with Crippen LogP contribution in [0.4, 0.5) is 0 Å². The maximum absolute atomic E-state index is 9.29. The second kappa shape index (κ2) is 21.8. The predicted molar refractivity (Wildman–Crippen MR) is 141 cm³/mol. The molecule has 4 N–H and O–H groups in total. The summed E-state index contributed by atoms with van der Waals surface area (Å²) in [7, 11) is 0. The molecule has 33 heavy (non-hydrogen) atoms. The summed E-state index contributed by atoms with van der Waals surface area (Å²) in [6, 6.07) is 0. The fraction of sp³-hybridized carbons (Fsp3) is 0.923. The Hall–Kier alpha value is -0.690. The van der Waals surface area contributed by atoms with Gasteiger partial charge in [0.05, 0.1) is 24.4 Å². The molecule has 0 saturated heterocycles. The molecule has 0 aliphatic carbocycles. The van der Waals surface area contributed by atoms with Crippen LogP contribution in [0.15, 0.2) is 6.20 Å². The van der Waals surface area contributed by atoms with Crippen molar-refractivity contribution in [1.82, 2.24) is 15.0 Å². The number of aromatic nitrogens is 3. The second-order valence-corrected chi connectivity index (χ2v) is 9.84. The highest BCUT2D eigenvalue weighted by Crippen LogP contribution is 2.14. The summed E-state index contributed by atoms with van der Waals surface area (Å²) in [4.78, 5) is 0. The van der Waals surface area contributed by atoms with Crippen molar-refractivity contribution >= 4 is 12.4 Å². The standard InChI is InChI=1S/C26H52N4O2.ClH/c1-2-3-4-5-6-7-8-9-10-11-12-13-14-15-16-17-18-19-20-30-22-25(28-29-30)21-26(27,23-31)24-32;/h22,31-32H,2-21,23-24,27H2,1H3;1H. The highest BCUT2D eigenvalue weighted by atomic mass is 35.5. The van der Waals surface area contributed by atoms with E-state index >= 15 is 0 Å². The zero-order valence-electron chi connectivity index (χ0n) is 21.4. The quantitative estimate of drug-likeness (QED) is 0.165. The van der Waals surface area contributed by atoms with Gasteiger partial charge in [0, 0.05) is 19.2 Å². The zero-order valence-corrected chi connectivity index (χ0v) is 22.2. The predicted octanol–water partition coefficient (Wildman–Crippen LogP) is 5.97. The van der Waals surface area contributed by atoms with Gasteiger partial charge in [-0.15, -0.1) is 17.5 Å². The van der Waals surface area contributed by atoms with Crippen LogP contribution in [-0.4, -0.2) is 44.0 Å². The largest absolute Gasteiger partial charge is 0.394 e. The minimum absolute atomic E-state index is 0. The minimum Gasteiger partial charge on any atom is -0.394 e. The van der Waals surface area contributed by atoms with E-state index in [1.54, 1.807) is 0 Å². The van der Waals surface area contributed by atoms with Crippen molar-refractivity contribution in [2.24, 2.45) is 5.73 Å². The third kappa shape index (κ3) is 17.4. The monoisotopic (exact) mass is 488 g/mol. The lowest BCUT2D eigenvalue weighted by molar-refractivity contribution is 0.120. The van der Waals surface area contributed by atoms with Crippen molar-refractivity contribution in [2.75, 3.05) is 13.2 Å². The van der Waals surface area contributed by atoms with Crippen molar-refractivity contribution in [3.63, 3.8) is 0 Å². The second-order valence-electron chi connectivity index (χ2n) is 9.84. The normalized spacial score (nSPS) is 11.6. The molecule has 0 aliphatic heterocycles. The Bertz CT molecular complexity index is 538. The minimum atomic E-state index is -1.02. The molecule has 0 radical (unpaired) electrons. The van der Waals surface area contributed by atoms with E-state index < -0.39 is 5.54 Å². The SMILES string of the molecule is CCCCCCCCCCCCCCCCCCCCn1cc(CC(N)(CO)CO)nn1.Cl. The number of halogens is 1. The van der Waals surface area contributed by atoms with Gasteiger partial charge in [-0.25, -0.2) is 0 Å². The number of aliphatic hydroxyl groups is 2. The molecule has 0 unspecified atom stereocenters. The zero-order chi connectivity index (χ0) is 23.3. The van der Waals surface area contributed by atoms with E-state index in [1.165, 1.54) is 109 Å². The van der Waals surface area contributed by atoms with Gasteiger partial charge in [-0.2, -0.15) is 0 Å². The van der Waals surface area contributed by atoms with Gasteiger partial charge in [-0.3, -0.25) is 4.68 Å². The van der Waals surface area contributed by atoms with Gasteiger partial charge < -0.3 is 15.9 Å². The van der Waals surface area contributed by atoms with Gasteiger partial charge in [-0.05, 0) is 6.42 Å². The van der Waals surface area contributed by atoms with Crippen LogP contribution in [0.5, 0.6) is 0 Å². The number of hydrogen-bond donors (Lipinski definition) is 3. The molecule has 1 aromatic heterocycles. The number of aryl methyl sites for hydroxylation is 1. The molecule has 0 spiro atoms. The summed E-state index contributed by atoms with van der Waals surface area (Å²) in [6.45, 7) is 2.61. The average molecular weight is 489 g/mol. The van der Waals surface area contributed by atoms with E-state index in [1.807, 2.05) is 10.9 Å². The van der Waals surface area contributed by atoms with Crippen LogP contribution >= 0.6 is 12.4 Å². The van der Waals surface area contributed by atoms with Gasteiger partial charge in [0.25, 0.3) is 0 Å². The first-order valence-corrected chi connectivity index (χ1v) is 13.5. The van der Waals surface area contributed by atoms with Gasteiger partial charge in [0.2, 0.25) is 0 Å². The third-order valence-electron chi connectivity index (χ3n) is 6.49. The lowest BCUT2D eigenvalue weighted by Crippen LogP contribution is -2.49. The Morgan fingerprint density at radius 1 is 0.727 bits per heavy atom. The molecular formula is C26H53ClN4O2. The summed E-state index contributed by atoms with van der Waals surface area (Å²) in [5, 5.41) is 26.8. The van der Waals surface area contributed by atoms with Gasteiger partial charge in [0.1, 0.15) is 0 Å². The smallest absolute Gasteiger partial charge is 0.0847 e. The first-order chi connectivity index (χ1) is 15.6. The molecule has 0 bridgehead atoms. The van der Waals surface area contributed by atoms with Gasteiger partial charge in [-0.1, -0.05) is 121 Å². The maximum Gasteiger partial charge on any atom is 0.0847 e. The van der Waals surface area contributed by atoms with Crippen molar-refractivity contribution in [2.45, 2.75) is 141 Å². The maximum atomic E-state index is 9.29. The van der Waals surface area contributed by atoms with Crippen molar-refractivity contribution in [3.05, 3.63) is 11.9 Å². The molecule has 1 rings (SSSR count). The summed E-state index contributed by atoms with van der Waals surface area (Å²) in [5.41, 5.74) is 5.61. The Labute approximate surface area is 209 Å². The number of hydrogen-bond acceptors (Lipinski definition) is 5. The van der Waals surface area contributed by atoms with Crippen LogP contribution in [-0.2, 0) is 13.0 Å². The lowest BCUT2D eigenvalue weighted by Gasteiger charge is -2.22. The summed E-state index contributed by atoms with van der Waals surface area (Å²) in [6.07, 6.45) is 27.0. The summed E-state index contributed by atoms with van der Waals surface area (Å²) in [5.74, 6) is 0. The molecule has 196 valence electrons. The number of nitrogens with two attached hydrogens (primary N) is 1. The molecule has 0 saturated carbocycles. The Balaban J connectivity index is 0.0000102. The Morgan fingerprint density at radius 2 is 1.12 bits per heavy atom. The van der Waals surface area contributed by atoms with Gasteiger partial charge in [0.15, 0.2) is 0 Å². The first kappa shape index (κ1) is 32.3. The summed E-state index contributed by atoms with van der Waals surface area (Å²) >= 11 is 0. The highest BCUT2D eigenvalue weighted by molar-refractivity contribution is 5.85. The number of nitrogens with zero attached hydrogens (tertiary/aromatic N) is 3. The third-order valence-corrected chi connectivity index (χ3v) is 6.49. The van der Waals surface area contributed by atoms with E-state index in [4.69, 9.17) is 5.73 Å². The number of rotatable bonds is 23. The van der Waals surface area contributed by atoms with Crippen LogP contribution in [0.25, 0.3) is 0 Å².